The molecule has 0 aliphatic rings. The van der Waals surface area contributed by atoms with Gasteiger partial charge >= 0.3 is 49.7 Å². The van der Waals surface area contributed by atoms with Crippen LogP contribution in [0, 0.1) is 0 Å². The summed E-state index contributed by atoms with van der Waals surface area (Å²) in [7, 11) is 0. The van der Waals surface area contributed by atoms with E-state index >= 15 is 0 Å². The first-order chi connectivity index (χ1) is 11.8. The zero-order valence-electron chi connectivity index (χ0n) is 13.0. The summed E-state index contributed by atoms with van der Waals surface area (Å²) in [6.07, 6.45) is -16.1. The summed E-state index contributed by atoms with van der Waals surface area (Å²) in [5.41, 5.74) is 0. The summed E-state index contributed by atoms with van der Waals surface area (Å²) in [6.45, 7) is -0.760. The van der Waals surface area contributed by atoms with Crippen LogP contribution in [0.4, 0.5) is 0 Å². The van der Waals surface area contributed by atoms with Crippen LogP contribution in [0.2, 0.25) is 0 Å². The van der Waals surface area contributed by atoms with Gasteiger partial charge in [-0.3, -0.25) is 0 Å². The van der Waals surface area contributed by atoms with E-state index in [0.29, 0.717) is 0 Å². The molecule has 11 N–H and O–H groups in total. The third kappa shape index (κ3) is 11.2. The molecule has 0 amide bonds. The van der Waals surface area contributed by atoms with E-state index < -0.39 is 67.4 Å². The third-order valence-corrected chi connectivity index (χ3v) is 2.92. The maximum atomic E-state index is 10.1. The van der Waals surface area contributed by atoms with Crippen LogP contribution in [0.3, 0.4) is 0 Å². The monoisotopic (exact) mass is 432 g/mol. The van der Waals surface area contributed by atoms with Gasteiger partial charge in [0.2, 0.25) is 0 Å². The predicted molar refractivity (Wildman–Crippen MR) is 85.0 cm³/mol. The van der Waals surface area contributed by atoms with Crippen LogP contribution < -0.4 is 0 Å². The molecule has 0 saturated carbocycles. The molecule has 14 nitrogen and oxygen atoms in total. The second-order valence-corrected chi connectivity index (χ2v) is 4.91. The number of aliphatic hydroxyl groups is 9. The fourth-order valence-corrected chi connectivity index (χ4v) is 1.28. The number of carbonyl (C=O) groups is 3. The number of aldehydes is 1. The molecule has 0 spiro atoms. The summed E-state index contributed by atoms with van der Waals surface area (Å²) in [5.74, 6) is -3.68. The Hall–Kier alpha value is -0.490. The van der Waals surface area contributed by atoms with E-state index in [1.54, 1.807) is 0 Å². The molecular formula is C12H24CaO14. The van der Waals surface area contributed by atoms with Gasteiger partial charge in [-0.2, -0.15) is 0 Å². The minimum atomic E-state index is -2.36. The first-order valence-electron chi connectivity index (χ1n) is 6.79. The molecule has 8 unspecified atom stereocenters. The normalized spacial score (nSPS) is 19.4. The molecule has 0 heterocycles. The fourth-order valence-electron chi connectivity index (χ4n) is 1.28. The van der Waals surface area contributed by atoms with E-state index in [9.17, 15) is 14.4 Å². The zero-order valence-corrected chi connectivity index (χ0v) is 13.0. The van der Waals surface area contributed by atoms with Gasteiger partial charge in [-0.15, -0.1) is 0 Å². The number of carboxylic acids is 2. The molecule has 0 bridgehead atoms. The van der Waals surface area contributed by atoms with Gasteiger partial charge in [0, 0.05) is 0 Å². The van der Waals surface area contributed by atoms with E-state index in [2.05, 4.69) is 0 Å². The van der Waals surface area contributed by atoms with Crippen molar-refractivity contribution < 1.29 is 70.6 Å². The Balaban J connectivity index is -0.000000416. The average Bonchev–Trinajstić information content (AvgIpc) is 2.62. The van der Waals surface area contributed by atoms with Gasteiger partial charge in [0.15, 0.2) is 18.5 Å². The summed E-state index contributed by atoms with van der Waals surface area (Å²) in [6, 6.07) is 0. The topological polar surface area (TPSA) is 274 Å². The van der Waals surface area contributed by atoms with E-state index in [1.807, 2.05) is 0 Å². The number of hydrogen-bond donors (Lipinski definition) is 11. The molecule has 0 aromatic carbocycles. The van der Waals surface area contributed by atoms with Gasteiger partial charge in [-0.05, 0) is 0 Å². The van der Waals surface area contributed by atoms with Crippen molar-refractivity contribution in [1.29, 1.82) is 0 Å². The Morgan fingerprint density at radius 3 is 1.26 bits per heavy atom. The van der Waals surface area contributed by atoms with Crippen LogP contribution in [0.25, 0.3) is 0 Å². The first-order valence-corrected chi connectivity index (χ1v) is 6.79. The third-order valence-electron chi connectivity index (χ3n) is 2.92. The van der Waals surface area contributed by atoms with Crippen molar-refractivity contribution in [2.45, 2.75) is 48.8 Å². The van der Waals surface area contributed by atoms with Gasteiger partial charge < -0.3 is 61.0 Å². The Kier molecular flexibility index (Phi) is 17.8. The summed E-state index contributed by atoms with van der Waals surface area (Å²) >= 11 is 0. The molecule has 0 aromatic rings. The summed E-state index contributed by atoms with van der Waals surface area (Å²) < 4.78 is 0. The van der Waals surface area contributed by atoms with Crippen molar-refractivity contribution in [3.05, 3.63) is 0 Å². The number of carboxylic acid groups (broad SMARTS) is 2. The zero-order chi connectivity index (χ0) is 21.2. The second kappa shape index (κ2) is 15.4. The first kappa shape index (κ1) is 31.2. The van der Waals surface area contributed by atoms with Crippen LogP contribution in [0.15, 0.2) is 0 Å². The van der Waals surface area contributed by atoms with Crippen LogP contribution in [0.1, 0.15) is 0 Å². The van der Waals surface area contributed by atoms with Crippen molar-refractivity contribution in [2.75, 3.05) is 6.61 Å². The van der Waals surface area contributed by atoms with Crippen molar-refractivity contribution in [2.24, 2.45) is 0 Å². The quantitative estimate of drug-likeness (QED) is 0.113. The van der Waals surface area contributed by atoms with Gasteiger partial charge in [-0.25, -0.2) is 9.59 Å². The van der Waals surface area contributed by atoms with Crippen molar-refractivity contribution in [3.8, 4) is 0 Å². The predicted octanol–water partition coefficient (Wildman–Crippen LogP) is -7.70. The van der Waals surface area contributed by atoms with Crippen molar-refractivity contribution in [1.82, 2.24) is 0 Å². The average molecular weight is 432 g/mol. The Labute approximate surface area is 181 Å². The fraction of sp³-hybridized carbons (Fsp3) is 0.750. The van der Waals surface area contributed by atoms with E-state index in [4.69, 9.17) is 56.2 Å². The molecule has 0 radical (unpaired) electrons. The number of hydrogen-bond acceptors (Lipinski definition) is 12. The molecule has 27 heavy (non-hydrogen) atoms. The molecule has 0 aliphatic carbocycles. The number of aliphatic carboxylic acids is 2. The van der Waals surface area contributed by atoms with Crippen molar-refractivity contribution in [3.63, 3.8) is 0 Å². The Bertz CT molecular complexity index is 424. The van der Waals surface area contributed by atoms with Gasteiger partial charge in [0.05, 0.1) is 6.61 Å². The Morgan fingerprint density at radius 2 is 1.04 bits per heavy atom. The number of carbonyl (C=O) groups excluding carboxylic acids is 1. The molecule has 158 valence electrons. The summed E-state index contributed by atoms with van der Waals surface area (Å²) in [5, 5.41) is 95.0. The van der Waals surface area contributed by atoms with Gasteiger partial charge in [0.25, 0.3) is 0 Å². The van der Waals surface area contributed by atoms with Crippen molar-refractivity contribution >= 4 is 56.0 Å². The van der Waals surface area contributed by atoms with E-state index in [-0.39, 0.29) is 44.0 Å². The molecular weight excluding hydrogens is 408 g/mol. The van der Waals surface area contributed by atoms with Gasteiger partial charge in [0.1, 0.15) is 36.6 Å². The van der Waals surface area contributed by atoms with Crippen LogP contribution in [0.5, 0.6) is 0 Å². The summed E-state index contributed by atoms with van der Waals surface area (Å²) in [4.78, 5) is 30.1. The SMILES string of the molecule is O=C(O)C(O)C(O)C(O)C(O)C(=O)O.O=CC(O)C(O)C(O)C(O)CO.[CaH2]. The maximum absolute atomic E-state index is 10.1. The molecule has 0 rings (SSSR count). The van der Waals surface area contributed by atoms with Gasteiger partial charge in [-0.1, -0.05) is 0 Å². The molecule has 0 saturated heterocycles. The molecule has 0 aromatic heterocycles. The molecule has 0 fully saturated rings. The van der Waals surface area contributed by atoms with E-state index in [0.717, 1.165) is 0 Å². The van der Waals surface area contributed by atoms with Crippen LogP contribution in [-0.4, -0.2) is 168 Å². The van der Waals surface area contributed by atoms with E-state index in [1.165, 1.54) is 0 Å². The standard InChI is InChI=1S/C6H10O8.C6H12O6.Ca.2H/c7-1(3(9)5(11)12)2(8)4(10)6(13)14;7-1-3(9)5(11)6(12)4(10)2-8;;;/h1-4,7-10H,(H,11,12)(H,13,14);1,3-6,8-12H,2H2;;;. The Morgan fingerprint density at radius 1 is 0.704 bits per heavy atom. The molecule has 0 aliphatic heterocycles. The van der Waals surface area contributed by atoms with Crippen LogP contribution in [-0.2, 0) is 14.4 Å². The second-order valence-electron chi connectivity index (χ2n) is 4.91. The minimum absolute atomic E-state index is 0. The molecule has 8 atom stereocenters. The molecule has 15 heteroatoms. The number of rotatable bonds is 10. The van der Waals surface area contributed by atoms with Crippen LogP contribution >= 0.6 is 0 Å². The number of aliphatic hydroxyl groups excluding tert-OH is 9.